The summed E-state index contributed by atoms with van der Waals surface area (Å²) in [4.78, 5) is 35.6. The van der Waals surface area contributed by atoms with Crippen molar-refractivity contribution in [1.29, 1.82) is 0 Å². The Kier molecular flexibility index (Phi) is 4.05. The van der Waals surface area contributed by atoms with E-state index in [4.69, 9.17) is 4.74 Å². The van der Waals surface area contributed by atoms with Gasteiger partial charge in [0.05, 0.1) is 18.2 Å². The molecule has 1 amide bonds. The minimum atomic E-state index is -0.689. The summed E-state index contributed by atoms with van der Waals surface area (Å²) >= 11 is 0. The first-order valence-electron chi connectivity index (χ1n) is 7.17. The van der Waals surface area contributed by atoms with Gasteiger partial charge in [-0.3, -0.25) is 9.59 Å². The van der Waals surface area contributed by atoms with Crippen molar-refractivity contribution >= 4 is 11.9 Å². The largest absolute Gasteiger partial charge is 0.465 e. The van der Waals surface area contributed by atoms with Crippen LogP contribution in [-0.4, -0.2) is 40.8 Å². The summed E-state index contributed by atoms with van der Waals surface area (Å²) in [6.45, 7) is 0. The van der Waals surface area contributed by atoms with E-state index in [0.717, 1.165) is 6.07 Å². The number of amides is 1. The number of hydrogen-bond donors (Lipinski definition) is 2. The van der Waals surface area contributed by atoms with Crippen LogP contribution in [0.5, 0.6) is 0 Å². The summed E-state index contributed by atoms with van der Waals surface area (Å²) in [7, 11) is 2.59. The van der Waals surface area contributed by atoms with Crippen LogP contribution in [0.2, 0.25) is 0 Å². The van der Waals surface area contributed by atoms with Crippen molar-refractivity contribution in [1.82, 2.24) is 20.1 Å². The molecular weight excluding hydrogens is 331 g/mol. The van der Waals surface area contributed by atoms with E-state index in [1.54, 1.807) is 0 Å². The Balaban J connectivity index is 2.24. The highest BCUT2D eigenvalue weighted by Crippen LogP contribution is 2.23. The van der Waals surface area contributed by atoms with Gasteiger partial charge in [0.2, 0.25) is 0 Å². The predicted molar refractivity (Wildman–Crippen MR) is 85.5 cm³/mol. The van der Waals surface area contributed by atoms with Crippen molar-refractivity contribution in [3.63, 3.8) is 0 Å². The first-order valence-corrected chi connectivity index (χ1v) is 7.17. The lowest BCUT2D eigenvalue weighted by atomic mass is 10.1. The molecule has 128 valence electrons. The minimum Gasteiger partial charge on any atom is -0.465 e. The fourth-order valence-electron chi connectivity index (χ4n) is 2.43. The molecule has 2 heterocycles. The number of esters is 1. The molecule has 0 aliphatic carbocycles. The van der Waals surface area contributed by atoms with Crippen LogP contribution in [0.3, 0.4) is 0 Å². The maximum Gasteiger partial charge on any atom is 0.341 e. The van der Waals surface area contributed by atoms with E-state index < -0.39 is 23.3 Å². The Bertz CT molecular complexity index is 1010. The number of hydrogen-bond acceptors (Lipinski definition) is 5. The van der Waals surface area contributed by atoms with Gasteiger partial charge in [0, 0.05) is 25.1 Å². The monoisotopic (exact) mass is 344 g/mol. The van der Waals surface area contributed by atoms with Crippen LogP contribution in [0, 0.1) is 5.82 Å². The number of H-pyrrole nitrogens is 1. The predicted octanol–water partition coefficient (Wildman–Crippen LogP) is 0.951. The number of rotatable bonds is 3. The van der Waals surface area contributed by atoms with Crippen LogP contribution >= 0.6 is 0 Å². The van der Waals surface area contributed by atoms with Gasteiger partial charge in [0.25, 0.3) is 11.5 Å². The lowest BCUT2D eigenvalue weighted by molar-refractivity contribution is 0.0600. The number of carbonyl (C=O) groups is 2. The highest BCUT2D eigenvalue weighted by molar-refractivity contribution is 5.96. The molecule has 0 aromatic heterocycles. The van der Waals surface area contributed by atoms with Crippen molar-refractivity contribution in [2.45, 2.75) is 0 Å². The minimum absolute atomic E-state index is 0.0594. The second-order valence-corrected chi connectivity index (χ2v) is 5.13. The number of benzene rings is 1. The van der Waals surface area contributed by atoms with E-state index in [0.29, 0.717) is 5.69 Å². The molecule has 0 saturated carbocycles. The summed E-state index contributed by atoms with van der Waals surface area (Å²) in [6.07, 6.45) is 2.84. The van der Waals surface area contributed by atoms with Crippen LogP contribution in [0.25, 0.3) is 16.9 Å². The van der Waals surface area contributed by atoms with Crippen molar-refractivity contribution in [3.05, 3.63) is 57.9 Å². The molecule has 0 radical (unpaired) electrons. The van der Waals surface area contributed by atoms with Gasteiger partial charge in [-0.25, -0.2) is 14.3 Å². The summed E-state index contributed by atoms with van der Waals surface area (Å²) in [5.74, 6) is -1.97. The number of nitrogens with zero attached hydrogens (tertiary/aromatic N) is 2. The molecule has 0 spiro atoms. The topological polar surface area (TPSA) is 106 Å². The van der Waals surface area contributed by atoms with E-state index in [1.165, 1.54) is 43.3 Å². The molecule has 0 bridgehead atoms. The Hall–Kier alpha value is -3.49. The molecule has 2 aliphatic rings. The van der Waals surface area contributed by atoms with Crippen LogP contribution < -0.4 is 10.9 Å². The second kappa shape index (κ2) is 6.19. The fraction of sp³-hybridized carbons (Fsp3) is 0.125. The molecule has 1 aromatic carbocycles. The normalized spacial score (nSPS) is 10.7. The number of ether oxygens (including phenoxy) is 1. The van der Waals surface area contributed by atoms with E-state index in [9.17, 15) is 18.8 Å². The van der Waals surface area contributed by atoms with Gasteiger partial charge in [0.1, 0.15) is 17.1 Å². The van der Waals surface area contributed by atoms with Crippen LogP contribution in [0.4, 0.5) is 4.39 Å². The molecule has 2 N–H and O–H groups in total. The molecule has 1 aromatic rings. The first kappa shape index (κ1) is 16.4. The lowest BCUT2D eigenvalue weighted by Crippen LogP contribution is -2.19. The fourth-order valence-corrected chi connectivity index (χ4v) is 2.43. The number of fused-ring (bicyclic) bond motifs is 1. The highest BCUT2D eigenvalue weighted by atomic mass is 19.1. The highest BCUT2D eigenvalue weighted by Gasteiger charge is 2.22. The standard InChI is InChI=1S/C16H13FN4O4/c1-18-14(22)9-5-8(3-4-12(9)17)21-6-10-13(19-20-15(10)23)11(7-21)16(24)25-2/h3-7H,1-2H3,(H,18,22)(H,20,23). The van der Waals surface area contributed by atoms with Gasteiger partial charge in [-0.2, -0.15) is 5.10 Å². The molecule has 9 heteroatoms. The maximum atomic E-state index is 13.8. The Morgan fingerprint density at radius 2 is 2.04 bits per heavy atom. The van der Waals surface area contributed by atoms with Gasteiger partial charge >= 0.3 is 5.97 Å². The average Bonchev–Trinajstić information content (AvgIpc) is 3.01. The van der Waals surface area contributed by atoms with E-state index >= 15 is 0 Å². The molecular formula is C16H13FN4O4. The van der Waals surface area contributed by atoms with Crippen LogP contribution in [0.1, 0.15) is 20.7 Å². The zero-order chi connectivity index (χ0) is 18.1. The molecule has 0 atom stereocenters. The van der Waals surface area contributed by atoms with Gasteiger partial charge in [-0.1, -0.05) is 0 Å². The third-order valence-electron chi connectivity index (χ3n) is 3.69. The maximum absolute atomic E-state index is 13.8. The summed E-state index contributed by atoms with van der Waals surface area (Å²) in [6, 6.07) is 3.85. The SMILES string of the molecule is CNC(=O)c1cc(-n2cc(C(=O)OC)c3n[nH]c(=O)c-3c2)ccc1F. The van der Waals surface area contributed by atoms with Crippen molar-refractivity contribution < 1.29 is 18.7 Å². The summed E-state index contributed by atoms with van der Waals surface area (Å²) < 4.78 is 20.0. The number of methoxy groups -OCH3 is 1. The zero-order valence-corrected chi connectivity index (χ0v) is 13.3. The summed E-state index contributed by atoms with van der Waals surface area (Å²) in [5.41, 5.74) is 0.122. The quantitative estimate of drug-likeness (QED) is 0.688. The molecule has 3 rings (SSSR count). The average molecular weight is 344 g/mol. The molecule has 2 aliphatic heterocycles. The molecule has 8 nitrogen and oxygen atoms in total. The smallest absolute Gasteiger partial charge is 0.341 e. The summed E-state index contributed by atoms with van der Waals surface area (Å²) in [5, 5.41) is 8.44. The van der Waals surface area contributed by atoms with Crippen molar-refractivity contribution in [2.75, 3.05) is 14.2 Å². The van der Waals surface area contributed by atoms with Crippen molar-refractivity contribution in [3.8, 4) is 16.9 Å². The third kappa shape index (κ3) is 2.75. The Labute approximate surface area is 140 Å². The molecule has 0 fully saturated rings. The number of nitrogens with one attached hydrogen (secondary N) is 2. The van der Waals surface area contributed by atoms with Crippen LogP contribution in [0.15, 0.2) is 35.4 Å². The molecule has 25 heavy (non-hydrogen) atoms. The van der Waals surface area contributed by atoms with Gasteiger partial charge in [-0.05, 0) is 18.2 Å². The van der Waals surface area contributed by atoms with E-state index in [1.807, 2.05) is 0 Å². The number of pyridine rings is 1. The van der Waals surface area contributed by atoms with E-state index in [2.05, 4.69) is 15.5 Å². The van der Waals surface area contributed by atoms with Crippen LogP contribution in [-0.2, 0) is 4.74 Å². The lowest BCUT2D eigenvalue weighted by Gasteiger charge is -2.13. The number of carbonyl (C=O) groups excluding carboxylic acids is 2. The zero-order valence-electron chi connectivity index (χ0n) is 13.3. The number of aromatic nitrogens is 3. The number of aromatic amines is 1. The Morgan fingerprint density at radius 3 is 2.72 bits per heavy atom. The van der Waals surface area contributed by atoms with E-state index in [-0.39, 0.29) is 22.4 Å². The van der Waals surface area contributed by atoms with Gasteiger partial charge < -0.3 is 14.6 Å². The Morgan fingerprint density at radius 1 is 1.28 bits per heavy atom. The molecule has 0 unspecified atom stereocenters. The van der Waals surface area contributed by atoms with Gasteiger partial charge in [0.15, 0.2) is 0 Å². The second-order valence-electron chi connectivity index (χ2n) is 5.13. The molecule has 0 saturated heterocycles. The van der Waals surface area contributed by atoms with Crippen molar-refractivity contribution in [2.24, 2.45) is 0 Å². The third-order valence-corrected chi connectivity index (χ3v) is 3.69. The van der Waals surface area contributed by atoms with Gasteiger partial charge in [-0.15, -0.1) is 0 Å². The number of halogens is 1. The first-order chi connectivity index (χ1) is 12.0.